The standard InChI is InChI=1S/C22H39N13O6/c23-12(3-1-5-30-21(25)26)17(37)33-13(4-2-6-31-22(27)28)18(38)34-14(8-16(24)36)19(39)35-15(20(40)41)7-11-9-29-10-32-11/h9-10,12-15H,1-8,23H2,(H2,24,36)(H,29,32)(H,33,37)(H,34,38)(H,35,39)(H,40,41)(H4,25,26,30)(H4,27,28,31). The summed E-state index contributed by atoms with van der Waals surface area (Å²) in [7, 11) is 0. The van der Waals surface area contributed by atoms with Gasteiger partial charge in [0.05, 0.1) is 18.8 Å². The number of carbonyl (C=O) groups is 5. The molecule has 41 heavy (non-hydrogen) atoms. The van der Waals surface area contributed by atoms with Crippen molar-refractivity contribution in [2.24, 2.45) is 44.4 Å². The number of primary amides is 1. The van der Waals surface area contributed by atoms with Gasteiger partial charge < -0.3 is 60.4 Å². The molecule has 1 aromatic heterocycles. The Hall–Kier alpha value is -4.94. The van der Waals surface area contributed by atoms with Gasteiger partial charge in [0.25, 0.3) is 0 Å². The van der Waals surface area contributed by atoms with Crippen molar-refractivity contribution < 1.29 is 29.1 Å². The van der Waals surface area contributed by atoms with Gasteiger partial charge in [-0.15, -0.1) is 0 Å². The SMILES string of the molecule is NC(=O)CC(NC(=O)C(CCCN=C(N)N)NC(=O)C(N)CCCN=C(N)N)C(=O)NC(Cc1cnc[nH]1)C(=O)O. The van der Waals surface area contributed by atoms with Crippen LogP contribution in [0.25, 0.3) is 0 Å². The van der Waals surface area contributed by atoms with Gasteiger partial charge in [0.15, 0.2) is 11.9 Å². The molecule has 19 heteroatoms. The van der Waals surface area contributed by atoms with Crippen LogP contribution in [0.5, 0.6) is 0 Å². The van der Waals surface area contributed by atoms with E-state index in [0.717, 1.165) is 0 Å². The summed E-state index contributed by atoms with van der Waals surface area (Å²) < 4.78 is 0. The smallest absolute Gasteiger partial charge is 0.326 e. The second kappa shape index (κ2) is 17.6. The normalized spacial score (nSPS) is 13.5. The van der Waals surface area contributed by atoms with Crippen molar-refractivity contribution in [2.75, 3.05) is 13.1 Å². The molecule has 0 fully saturated rings. The second-order valence-electron chi connectivity index (χ2n) is 8.98. The summed E-state index contributed by atoms with van der Waals surface area (Å²) in [6.45, 7) is 0.374. The first kappa shape index (κ1) is 34.1. The van der Waals surface area contributed by atoms with Crippen molar-refractivity contribution in [1.82, 2.24) is 25.9 Å². The molecule has 0 radical (unpaired) electrons. The third kappa shape index (κ3) is 14.1. The van der Waals surface area contributed by atoms with Crippen molar-refractivity contribution >= 4 is 41.5 Å². The number of carboxylic acid groups (broad SMARTS) is 1. The Morgan fingerprint density at radius 1 is 0.829 bits per heavy atom. The number of hydrogen-bond donors (Lipinski definition) is 11. The summed E-state index contributed by atoms with van der Waals surface area (Å²) in [6.07, 6.45) is 2.78. The summed E-state index contributed by atoms with van der Waals surface area (Å²) >= 11 is 0. The number of amides is 4. The van der Waals surface area contributed by atoms with Gasteiger partial charge in [0.2, 0.25) is 23.6 Å². The van der Waals surface area contributed by atoms with Crippen LogP contribution >= 0.6 is 0 Å². The second-order valence-corrected chi connectivity index (χ2v) is 8.98. The molecule has 4 atom stereocenters. The van der Waals surface area contributed by atoms with Crippen LogP contribution in [0.3, 0.4) is 0 Å². The van der Waals surface area contributed by atoms with Gasteiger partial charge in [-0.25, -0.2) is 9.78 Å². The molecule has 1 rings (SSSR count). The highest BCUT2D eigenvalue weighted by atomic mass is 16.4. The Morgan fingerprint density at radius 3 is 1.88 bits per heavy atom. The van der Waals surface area contributed by atoms with Gasteiger partial charge in [0, 0.05) is 31.4 Å². The maximum atomic E-state index is 13.2. The Labute approximate surface area is 235 Å². The highest BCUT2D eigenvalue weighted by Gasteiger charge is 2.31. The number of rotatable bonds is 19. The predicted molar refractivity (Wildman–Crippen MR) is 147 cm³/mol. The number of aromatic amines is 1. The van der Waals surface area contributed by atoms with E-state index in [9.17, 15) is 29.1 Å². The van der Waals surface area contributed by atoms with E-state index in [4.69, 9.17) is 34.4 Å². The number of imidazole rings is 1. The van der Waals surface area contributed by atoms with E-state index in [1.807, 2.05) is 0 Å². The molecule has 0 saturated heterocycles. The molecule has 0 aromatic carbocycles. The number of H-pyrrole nitrogens is 1. The Morgan fingerprint density at radius 2 is 1.37 bits per heavy atom. The summed E-state index contributed by atoms with van der Waals surface area (Å²) in [5.41, 5.74) is 32.8. The first-order valence-electron chi connectivity index (χ1n) is 12.6. The van der Waals surface area contributed by atoms with Gasteiger partial charge in [0.1, 0.15) is 18.1 Å². The van der Waals surface area contributed by atoms with Gasteiger partial charge in [-0.3, -0.25) is 29.2 Å². The largest absolute Gasteiger partial charge is 0.480 e. The number of nitrogens with zero attached hydrogens (tertiary/aromatic N) is 3. The average Bonchev–Trinajstić information content (AvgIpc) is 3.39. The van der Waals surface area contributed by atoms with Crippen molar-refractivity contribution in [3.63, 3.8) is 0 Å². The number of carboxylic acids is 1. The van der Waals surface area contributed by atoms with Crippen molar-refractivity contribution in [3.8, 4) is 0 Å². The molecule has 1 heterocycles. The van der Waals surface area contributed by atoms with Gasteiger partial charge >= 0.3 is 5.97 Å². The fourth-order valence-electron chi connectivity index (χ4n) is 3.47. The first-order valence-corrected chi connectivity index (χ1v) is 12.6. The number of carbonyl (C=O) groups excluding carboxylic acids is 4. The molecule has 1 aromatic rings. The topological polar surface area (TPSA) is 351 Å². The van der Waals surface area contributed by atoms with E-state index in [1.165, 1.54) is 12.5 Å². The number of nitrogens with one attached hydrogen (secondary N) is 4. The van der Waals surface area contributed by atoms with Crippen molar-refractivity contribution in [1.29, 1.82) is 0 Å². The minimum atomic E-state index is -1.55. The molecule has 0 spiro atoms. The van der Waals surface area contributed by atoms with Crippen LogP contribution in [-0.2, 0) is 30.4 Å². The number of nitrogens with two attached hydrogens (primary N) is 6. The van der Waals surface area contributed by atoms with Crippen LogP contribution in [0.4, 0.5) is 0 Å². The minimum absolute atomic E-state index is 0.0254. The molecule has 0 aliphatic rings. The Kier molecular flexibility index (Phi) is 14.6. The van der Waals surface area contributed by atoms with Gasteiger partial charge in [-0.05, 0) is 25.7 Å². The monoisotopic (exact) mass is 581 g/mol. The Balaban J connectivity index is 2.99. The highest BCUT2D eigenvalue weighted by molar-refractivity contribution is 5.96. The van der Waals surface area contributed by atoms with E-state index in [1.54, 1.807) is 0 Å². The van der Waals surface area contributed by atoms with E-state index < -0.39 is 60.2 Å². The number of hydrogen-bond acceptors (Lipinski definition) is 9. The first-order chi connectivity index (χ1) is 19.3. The zero-order valence-corrected chi connectivity index (χ0v) is 22.4. The lowest BCUT2D eigenvalue weighted by Crippen LogP contribution is -2.58. The van der Waals surface area contributed by atoms with E-state index in [-0.39, 0.29) is 50.7 Å². The zero-order chi connectivity index (χ0) is 30.9. The van der Waals surface area contributed by atoms with Crippen LogP contribution in [0.15, 0.2) is 22.5 Å². The molecule has 228 valence electrons. The van der Waals surface area contributed by atoms with Gasteiger partial charge in [-0.2, -0.15) is 0 Å². The lowest BCUT2D eigenvalue weighted by atomic mass is 10.1. The fourth-order valence-corrected chi connectivity index (χ4v) is 3.47. The molecular formula is C22H39N13O6. The summed E-state index contributed by atoms with van der Waals surface area (Å²) in [5, 5.41) is 16.7. The highest BCUT2D eigenvalue weighted by Crippen LogP contribution is 2.05. The number of aliphatic imine (C=N–C) groups is 2. The van der Waals surface area contributed by atoms with E-state index >= 15 is 0 Å². The molecule has 4 amide bonds. The summed E-state index contributed by atoms with van der Waals surface area (Å²) in [6, 6.07) is -5.19. The van der Waals surface area contributed by atoms with Crippen LogP contribution in [0.1, 0.15) is 37.8 Å². The maximum Gasteiger partial charge on any atom is 0.326 e. The molecule has 19 nitrogen and oxygen atoms in total. The quantitative estimate of drug-likeness (QED) is 0.0414. The number of aliphatic carboxylic acids is 1. The lowest BCUT2D eigenvalue weighted by molar-refractivity contribution is -0.142. The molecule has 17 N–H and O–H groups in total. The summed E-state index contributed by atoms with van der Waals surface area (Å²) in [5.74, 6) is -5.08. The summed E-state index contributed by atoms with van der Waals surface area (Å²) in [4.78, 5) is 76.3. The fraction of sp³-hybridized carbons (Fsp3) is 0.545. The molecular weight excluding hydrogens is 542 g/mol. The molecule has 0 aliphatic heterocycles. The number of guanidine groups is 2. The van der Waals surface area contributed by atoms with Crippen LogP contribution < -0.4 is 50.4 Å². The van der Waals surface area contributed by atoms with E-state index in [0.29, 0.717) is 12.1 Å². The maximum absolute atomic E-state index is 13.2. The average molecular weight is 582 g/mol. The minimum Gasteiger partial charge on any atom is -0.480 e. The third-order valence-electron chi connectivity index (χ3n) is 5.51. The predicted octanol–water partition coefficient (Wildman–Crippen LogP) is -5.20. The van der Waals surface area contributed by atoms with Crippen LogP contribution in [0.2, 0.25) is 0 Å². The van der Waals surface area contributed by atoms with Gasteiger partial charge in [-0.1, -0.05) is 0 Å². The van der Waals surface area contributed by atoms with Crippen molar-refractivity contribution in [3.05, 3.63) is 18.2 Å². The Bertz CT molecular complexity index is 1080. The molecule has 0 aliphatic carbocycles. The molecule has 0 saturated carbocycles. The van der Waals surface area contributed by atoms with Crippen LogP contribution in [-0.4, -0.2) is 93.8 Å². The molecule has 4 unspecified atom stereocenters. The van der Waals surface area contributed by atoms with Crippen LogP contribution in [0, 0.1) is 0 Å². The number of aromatic nitrogens is 2. The third-order valence-corrected chi connectivity index (χ3v) is 5.51. The van der Waals surface area contributed by atoms with Crippen molar-refractivity contribution in [2.45, 2.75) is 62.7 Å². The van der Waals surface area contributed by atoms with E-state index in [2.05, 4.69) is 35.9 Å². The zero-order valence-electron chi connectivity index (χ0n) is 22.4. The molecule has 0 bridgehead atoms. The lowest BCUT2D eigenvalue weighted by Gasteiger charge is -2.24.